The zero-order valence-electron chi connectivity index (χ0n) is 15.3. The molecule has 0 spiro atoms. The van der Waals surface area contributed by atoms with Crippen molar-refractivity contribution in [2.75, 3.05) is 11.9 Å². The SMILES string of the molecule is CC(=O)NCCCc1ccc(-c2csc(NC(=O)c3ccc[nH]c3=O)n2)cc1. The molecule has 2 amide bonds. The number of aryl methyl sites for hydroxylation is 1. The van der Waals surface area contributed by atoms with E-state index in [-0.39, 0.29) is 11.5 Å². The minimum absolute atomic E-state index is 0.0151. The number of hydrogen-bond donors (Lipinski definition) is 3. The van der Waals surface area contributed by atoms with Crippen LogP contribution >= 0.6 is 11.3 Å². The van der Waals surface area contributed by atoms with Crippen LogP contribution in [0.25, 0.3) is 11.3 Å². The number of nitrogens with zero attached hydrogens (tertiary/aromatic N) is 1. The number of nitrogens with one attached hydrogen (secondary N) is 3. The van der Waals surface area contributed by atoms with Crippen molar-refractivity contribution in [3.05, 3.63) is 69.5 Å². The van der Waals surface area contributed by atoms with Crippen LogP contribution in [-0.4, -0.2) is 28.3 Å². The summed E-state index contributed by atoms with van der Waals surface area (Å²) in [7, 11) is 0. The lowest BCUT2D eigenvalue weighted by Crippen LogP contribution is -2.22. The highest BCUT2D eigenvalue weighted by Gasteiger charge is 2.12. The first-order valence-electron chi connectivity index (χ1n) is 8.81. The second-order valence-electron chi connectivity index (χ2n) is 6.19. The third-order valence-electron chi connectivity index (χ3n) is 4.05. The Balaban J connectivity index is 1.60. The number of aromatic amines is 1. The standard InChI is InChI=1S/C20H20N4O3S/c1-13(25)21-10-2-4-14-6-8-15(9-7-14)17-12-28-20(23-17)24-19(27)16-5-3-11-22-18(16)26/h3,5-9,11-12H,2,4,10H2,1H3,(H,21,25)(H,22,26)(H,23,24,27). The first kappa shape index (κ1) is 19.5. The quantitative estimate of drug-likeness (QED) is 0.534. The van der Waals surface area contributed by atoms with Crippen molar-refractivity contribution in [2.45, 2.75) is 19.8 Å². The van der Waals surface area contributed by atoms with Gasteiger partial charge in [-0.2, -0.15) is 0 Å². The lowest BCUT2D eigenvalue weighted by atomic mass is 10.1. The second kappa shape index (κ2) is 9.09. The molecule has 0 aliphatic heterocycles. The van der Waals surface area contributed by atoms with E-state index in [1.807, 2.05) is 29.6 Å². The van der Waals surface area contributed by atoms with Crippen LogP contribution in [0.2, 0.25) is 0 Å². The first-order valence-corrected chi connectivity index (χ1v) is 9.69. The highest BCUT2D eigenvalue weighted by atomic mass is 32.1. The summed E-state index contributed by atoms with van der Waals surface area (Å²) in [6, 6.07) is 11.1. The molecule has 0 saturated carbocycles. The molecule has 3 rings (SSSR count). The highest BCUT2D eigenvalue weighted by Crippen LogP contribution is 2.25. The number of carbonyl (C=O) groups is 2. The molecule has 3 N–H and O–H groups in total. The molecule has 2 aromatic heterocycles. The van der Waals surface area contributed by atoms with Gasteiger partial charge >= 0.3 is 0 Å². The van der Waals surface area contributed by atoms with Crippen molar-refractivity contribution in [3.8, 4) is 11.3 Å². The number of amides is 2. The molecule has 1 aromatic carbocycles. The highest BCUT2D eigenvalue weighted by molar-refractivity contribution is 7.14. The Labute approximate surface area is 165 Å². The maximum absolute atomic E-state index is 12.2. The molecule has 0 bridgehead atoms. The molecular formula is C20H20N4O3S. The second-order valence-corrected chi connectivity index (χ2v) is 7.05. The zero-order chi connectivity index (χ0) is 19.9. The van der Waals surface area contributed by atoms with E-state index < -0.39 is 11.5 Å². The van der Waals surface area contributed by atoms with E-state index in [4.69, 9.17) is 0 Å². The first-order chi connectivity index (χ1) is 13.5. The molecule has 2 heterocycles. The molecule has 8 heteroatoms. The van der Waals surface area contributed by atoms with Gasteiger partial charge in [0.1, 0.15) is 5.56 Å². The number of benzene rings is 1. The van der Waals surface area contributed by atoms with Crippen molar-refractivity contribution in [1.29, 1.82) is 0 Å². The Kier molecular flexibility index (Phi) is 6.33. The smallest absolute Gasteiger partial charge is 0.263 e. The maximum Gasteiger partial charge on any atom is 0.263 e. The van der Waals surface area contributed by atoms with Crippen molar-refractivity contribution in [1.82, 2.24) is 15.3 Å². The molecule has 0 unspecified atom stereocenters. The van der Waals surface area contributed by atoms with Crippen LogP contribution in [0.3, 0.4) is 0 Å². The summed E-state index contributed by atoms with van der Waals surface area (Å²) in [6.07, 6.45) is 3.24. The molecule has 144 valence electrons. The predicted octanol–water partition coefficient (Wildman–Crippen LogP) is 2.82. The van der Waals surface area contributed by atoms with Crippen LogP contribution in [0.1, 0.15) is 29.3 Å². The third kappa shape index (κ3) is 5.14. The third-order valence-corrected chi connectivity index (χ3v) is 4.81. The fourth-order valence-electron chi connectivity index (χ4n) is 2.63. The Hall–Kier alpha value is -3.26. The van der Waals surface area contributed by atoms with Gasteiger partial charge in [0.05, 0.1) is 5.69 Å². The summed E-state index contributed by atoms with van der Waals surface area (Å²) in [4.78, 5) is 41.6. The van der Waals surface area contributed by atoms with Gasteiger partial charge in [-0.3, -0.25) is 19.7 Å². The van der Waals surface area contributed by atoms with E-state index in [9.17, 15) is 14.4 Å². The van der Waals surface area contributed by atoms with Crippen molar-refractivity contribution in [2.24, 2.45) is 0 Å². The largest absolute Gasteiger partial charge is 0.356 e. The lowest BCUT2D eigenvalue weighted by Gasteiger charge is -2.04. The average molecular weight is 396 g/mol. The fourth-order valence-corrected chi connectivity index (χ4v) is 3.34. The molecule has 3 aromatic rings. The van der Waals surface area contributed by atoms with E-state index >= 15 is 0 Å². The molecule has 0 fully saturated rings. The number of H-pyrrole nitrogens is 1. The number of rotatable bonds is 7. The molecule has 0 radical (unpaired) electrons. The van der Waals surface area contributed by atoms with Crippen LogP contribution in [0.5, 0.6) is 0 Å². The van der Waals surface area contributed by atoms with Gasteiger partial charge in [0, 0.05) is 30.6 Å². The fraction of sp³-hybridized carbons (Fsp3) is 0.200. The Morgan fingerprint density at radius 1 is 1.18 bits per heavy atom. The number of hydrogen-bond acceptors (Lipinski definition) is 5. The van der Waals surface area contributed by atoms with Crippen molar-refractivity contribution < 1.29 is 9.59 Å². The monoisotopic (exact) mass is 396 g/mol. The number of thiazole rings is 1. The summed E-state index contributed by atoms with van der Waals surface area (Å²) >= 11 is 1.30. The summed E-state index contributed by atoms with van der Waals surface area (Å²) in [5, 5.41) is 7.73. The minimum atomic E-state index is -0.489. The van der Waals surface area contributed by atoms with E-state index in [1.54, 1.807) is 6.07 Å². The topological polar surface area (TPSA) is 104 Å². The van der Waals surface area contributed by atoms with Gasteiger partial charge in [-0.1, -0.05) is 24.3 Å². The molecule has 0 aliphatic carbocycles. The molecular weight excluding hydrogens is 376 g/mol. The Bertz CT molecular complexity index is 1020. The summed E-state index contributed by atoms with van der Waals surface area (Å²) in [5.74, 6) is -0.504. The van der Waals surface area contributed by atoms with Crippen molar-refractivity contribution >= 4 is 28.3 Å². The van der Waals surface area contributed by atoms with E-state index in [1.165, 1.54) is 36.1 Å². The van der Waals surface area contributed by atoms with Gasteiger partial charge in [-0.15, -0.1) is 11.3 Å². The Morgan fingerprint density at radius 2 is 1.96 bits per heavy atom. The number of carbonyl (C=O) groups excluding carboxylic acids is 2. The van der Waals surface area contributed by atoms with Gasteiger partial charge in [0.25, 0.3) is 11.5 Å². The van der Waals surface area contributed by atoms with Gasteiger partial charge in [0.2, 0.25) is 5.91 Å². The van der Waals surface area contributed by atoms with E-state index in [0.717, 1.165) is 24.1 Å². The average Bonchev–Trinajstić information content (AvgIpc) is 3.14. The maximum atomic E-state index is 12.2. The summed E-state index contributed by atoms with van der Waals surface area (Å²) in [6.45, 7) is 2.17. The number of aromatic nitrogens is 2. The molecule has 0 saturated heterocycles. The molecule has 0 atom stereocenters. The Morgan fingerprint density at radius 3 is 2.68 bits per heavy atom. The zero-order valence-corrected chi connectivity index (χ0v) is 16.1. The number of pyridine rings is 1. The van der Waals surface area contributed by atoms with Gasteiger partial charge in [-0.05, 0) is 30.5 Å². The van der Waals surface area contributed by atoms with Gasteiger partial charge in [0.15, 0.2) is 5.13 Å². The molecule has 7 nitrogen and oxygen atoms in total. The van der Waals surface area contributed by atoms with Crippen LogP contribution in [-0.2, 0) is 11.2 Å². The van der Waals surface area contributed by atoms with Crippen LogP contribution < -0.4 is 16.2 Å². The normalized spacial score (nSPS) is 10.5. The predicted molar refractivity (Wildman–Crippen MR) is 110 cm³/mol. The van der Waals surface area contributed by atoms with Crippen molar-refractivity contribution in [3.63, 3.8) is 0 Å². The molecule has 28 heavy (non-hydrogen) atoms. The number of anilines is 1. The van der Waals surface area contributed by atoms with Crippen LogP contribution in [0.15, 0.2) is 52.8 Å². The summed E-state index contributed by atoms with van der Waals surface area (Å²) < 4.78 is 0. The minimum Gasteiger partial charge on any atom is -0.356 e. The van der Waals surface area contributed by atoms with Crippen LogP contribution in [0.4, 0.5) is 5.13 Å². The van der Waals surface area contributed by atoms with Gasteiger partial charge < -0.3 is 10.3 Å². The molecule has 0 aliphatic rings. The van der Waals surface area contributed by atoms with E-state index in [2.05, 4.69) is 20.6 Å². The lowest BCUT2D eigenvalue weighted by molar-refractivity contribution is -0.118. The van der Waals surface area contributed by atoms with Gasteiger partial charge in [-0.25, -0.2) is 4.98 Å². The van der Waals surface area contributed by atoms with E-state index in [0.29, 0.717) is 11.7 Å². The van der Waals surface area contributed by atoms with Crippen LogP contribution in [0, 0.1) is 0 Å². The summed E-state index contributed by atoms with van der Waals surface area (Å²) in [5.41, 5.74) is 2.49.